The lowest BCUT2D eigenvalue weighted by atomic mass is 9.87. The van der Waals surface area contributed by atoms with Crippen molar-refractivity contribution in [2.24, 2.45) is 0 Å². The third-order valence-electron chi connectivity index (χ3n) is 3.56. The molecule has 17 heavy (non-hydrogen) atoms. The molecule has 1 aliphatic heterocycles. The normalized spacial score (nSPS) is 20.4. The van der Waals surface area contributed by atoms with Crippen LogP contribution in [0.5, 0.6) is 5.75 Å². The lowest BCUT2D eigenvalue weighted by Crippen LogP contribution is -2.29. The Kier molecular flexibility index (Phi) is 3.95. The van der Waals surface area contributed by atoms with E-state index in [1.54, 1.807) is 7.11 Å². The maximum atomic E-state index is 6.34. The van der Waals surface area contributed by atoms with E-state index in [9.17, 15) is 0 Å². The molecule has 0 radical (unpaired) electrons. The number of hydrogen-bond acceptors (Lipinski definition) is 2. The highest BCUT2D eigenvalue weighted by Gasteiger charge is 2.23. The quantitative estimate of drug-likeness (QED) is 0.872. The standard InChI is InChI=1S/C14H20ClNO/c1-9-7-10(2)13(15)14(17-3)12(9)11-5-4-6-16-8-11/h7,11,16H,4-6,8H2,1-3H3. The number of nitrogens with one attached hydrogen (secondary N) is 1. The minimum Gasteiger partial charge on any atom is -0.495 e. The Morgan fingerprint density at radius 3 is 2.71 bits per heavy atom. The van der Waals surface area contributed by atoms with Crippen LogP contribution in [0.15, 0.2) is 6.07 Å². The van der Waals surface area contributed by atoms with Gasteiger partial charge in [0.1, 0.15) is 5.75 Å². The van der Waals surface area contributed by atoms with Crippen LogP contribution in [0.1, 0.15) is 35.4 Å². The summed E-state index contributed by atoms with van der Waals surface area (Å²) in [6.07, 6.45) is 2.43. The molecule has 1 unspecified atom stereocenters. The number of ether oxygens (including phenoxy) is 1. The molecule has 3 heteroatoms. The minimum absolute atomic E-state index is 0.525. The number of hydrogen-bond donors (Lipinski definition) is 1. The molecule has 0 spiro atoms. The molecule has 0 saturated carbocycles. The molecule has 2 nitrogen and oxygen atoms in total. The first kappa shape index (κ1) is 12.7. The van der Waals surface area contributed by atoms with E-state index in [2.05, 4.69) is 18.3 Å². The summed E-state index contributed by atoms with van der Waals surface area (Å²) in [5.74, 6) is 1.40. The Morgan fingerprint density at radius 1 is 1.35 bits per heavy atom. The van der Waals surface area contributed by atoms with Crippen molar-refractivity contribution < 1.29 is 4.74 Å². The van der Waals surface area contributed by atoms with Gasteiger partial charge in [-0.25, -0.2) is 0 Å². The van der Waals surface area contributed by atoms with Gasteiger partial charge in [0, 0.05) is 18.0 Å². The summed E-state index contributed by atoms with van der Waals surface area (Å²) in [5, 5.41) is 4.21. The SMILES string of the molecule is COc1c(Cl)c(C)cc(C)c1C1CCCNC1. The summed E-state index contributed by atoms with van der Waals surface area (Å²) in [7, 11) is 1.71. The van der Waals surface area contributed by atoms with Gasteiger partial charge in [0.2, 0.25) is 0 Å². The van der Waals surface area contributed by atoms with Gasteiger partial charge in [-0.1, -0.05) is 17.7 Å². The predicted molar refractivity (Wildman–Crippen MR) is 72.3 cm³/mol. The molecule has 1 saturated heterocycles. The van der Waals surface area contributed by atoms with Crippen LogP contribution >= 0.6 is 11.6 Å². The van der Waals surface area contributed by atoms with Gasteiger partial charge in [-0.05, 0) is 44.4 Å². The van der Waals surface area contributed by atoms with Crippen LogP contribution in [0.2, 0.25) is 5.02 Å². The molecule has 0 aliphatic carbocycles. The second-order valence-electron chi connectivity index (χ2n) is 4.81. The zero-order chi connectivity index (χ0) is 12.4. The van der Waals surface area contributed by atoms with Crippen LogP contribution < -0.4 is 10.1 Å². The zero-order valence-electron chi connectivity index (χ0n) is 10.8. The van der Waals surface area contributed by atoms with Gasteiger partial charge in [-0.2, -0.15) is 0 Å². The fraction of sp³-hybridized carbons (Fsp3) is 0.571. The van der Waals surface area contributed by atoms with Crippen LogP contribution in [-0.2, 0) is 0 Å². The summed E-state index contributed by atoms with van der Waals surface area (Å²) in [5.41, 5.74) is 3.67. The van der Waals surface area contributed by atoms with Gasteiger partial charge in [0.25, 0.3) is 0 Å². The third-order valence-corrected chi connectivity index (χ3v) is 4.03. The molecule has 1 N–H and O–H groups in total. The molecule has 1 heterocycles. The van der Waals surface area contributed by atoms with Crippen molar-refractivity contribution in [2.45, 2.75) is 32.6 Å². The molecule has 1 aliphatic rings. The third kappa shape index (κ3) is 2.43. The molecule has 0 aromatic heterocycles. The van der Waals surface area contributed by atoms with Crippen molar-refractivity contribution in [1.82, 2.24) is 5.32 Å². The highest BCUT2D eigenvalue weighted by atomic mass is 35.5. The van der Waals surface area contributed by atoms with Crippen LogP contribution in [0.4, 0.5) is 0 Å². The van der Waals surface area contributed by atoms with E-state index in [0.717, 1.165) is 29.4 Å². The van der Waals surface area contributed by atoms with E-state index in [4.69, 9.17) is 16.3 Å². The number of halogens is 1. The van der Waals surface area contributed by atoms with E-state index >= 15 is 0 Å². The van der Waals surface area contributed by atoms with Crippen LogP contribution in [0.3, 0.4) is 0 Å². The van der Waals surface area contributed by atoms with E-state index in [0.29, 0.717) is 5.92 Å². The number of piperidine rings is 1. The van der Waals surface area contributed by atoms with Gasteiger partial charge >= 0.3 is 0 Å². The predicted octanol–water partition coefficient (Wildman–Crippen LogP) is 3.43. The summed E-state index contributed by atoms with van der Waals surface area (Å²) in [4.78, 5) is 0. The van der Waals surface area contributed by atoms with Crippen molar-refractivity contribution in [3.8, 4) is 5.75 Å². The van der Waals surface area contributed by atoms with Crippen LogP contribution in [0, 0.1) is 13.8 Å². The van der Waals surface area contributed by atoms with Crippen molar-refractivity contribution in [2.75, 3.05) is 20.2 Å². The Labute approximate surface area is 108 Å². The summed E-state index contributed by atoms with van der Waals surface area (Å²) >= 11 is 6.34. The van der Waals surface area contributed by atoms with E-state index in [1.807, 2.05) is 6.92 Å². The first-order valence-corrected chi connectivity index (χ1v) is 6.57. The van der Waals surface area contributed by atoms with Gasteiger partial charge in [0.05, 0.1) is 12.1 Å². The molecule has 1 aromatic rings. The van der Waals surface area contributed by atoms with E-state index in [-0.39, 0.29) is 0 Å². The van der Waals surface area contributed by atoms with Crippen LogP contribution in [0.25, 0.3) is 0 Å². The lowest BCUT2D eigenvalue weighted by molar-refractivity contribution is 0.391. The number of methoxy groups -OCH3 is 1. The van der Waals surface area contributed by atoms with Gasteiger partial charge in [-0.3, -0.25) is 0 Å². The Bertz CT molecular complexity index is 411. The Hall–Kier alpha value is -0.730. The Balaban J connectivity index is 2.47. The fourth-order valence-corrected chi connectivity index (χ4v) is 2.98. The molecule has 1 atom stereocenters. The fourth-order valence-electron chi connectivity index (χ4n) is 2.75. The van der Waals surface area contributed by atoms with Crippen molar-refractivity contribution in [3.05, 3.63) is 27.8 Å². The summed E-state index contributed by atoms with van der Waals surface area (Å²) < 4.78 is 5.53. The topological polar surface area (TPSA) is 21.3 Å². The first-order chi connectivity index (χ1) is 8.15. The maximum Gasteiger partial charge on any atom is 0.141 e. The van der Waals surface area contributed by atoms with Gasteiger partial charge < -0.3 is 10.1 Å². The highest BCUT2D eigenvalue weighted by Crippen LogP contribution is 2.40. The van der Waals surface area contributed by atoms with Gasteiger partial charge in [-0.15, -0.1) is 0 Å². The first-order valence-electron chi connectivity index (χ1n) is 6.19. The van der Waals surface area contributed by atoms with E-state index in [1.165, 1.54) is 24.0 Å². The summed E-state index contributed by atoms with van der Waals surface area (Å²) in [6.45, 7) is 6.32. The molecule has 1 aromatic carbocycles. The summed E-state index contributed by atoms with van der Waals surface area (Å²) in [6, 6.07) is 2.16. The average molecular weight is 254 g/mol. The maximum absolute atomic E-state index is 6.34. The second kappa shape index (κ2) is 5.28. The smallest absolute Gasteiger partial charge is 0.141 e. The van der Waals surface area contributed by atoms with Crippen LogP contribution in [-0.4, -0.2) is 20.2 Å². The Morgan fingerprint density at radius 2 is 2.12 bits per heavy atom. The van der Waals surface area contributed by atoms with Gasteiger partial charge in [0.15, 0.2) is 0 Å². The van der Waals surface area contributed by atoms with Crippen molar-refractivity contribution in [3.63, 3.8) is 0 Å². The molecule has 0 amide bonds. The second-order valence-corrected chi connectivity index (χ2v) is 5.19. The molecule has 94 valence electrons. The average Bonchev–Trinajstić information content (AvgIpc) is 2.34. The van der Waals surface area contributed by atoms with E-state index < -0.39 is 0 Å². The number of aryl methyl sites for hydroxylation is 2. The molecular formula is C14H20ClNO. The minimum atomic E-state index is 0.525. The van der Waals surface area contributed by atoms with Crippen molar-refractivity contribution >= 4 is 11.6 Å². The number of rotatable bonds is 2. The number of benzene rings is 1. The molecule has 1 fully saturated rings. The highest BCUT2D eigenvalue weighted by molar-refractivity contribution is 6.33. The molecule has 0 bridgehead atoms. The molecule has 2 rings (SSSR count). The largest absolute Gasteiger partial charge is 0.495 e. The van der Waals surface area contributed by atoms with Crippen molar-refractivity contribution in [1.29, 1.82) is 0 Å². The molecular weight excluding hydrogens is 234 g/mol. The zero-order valence-corrected chi connectivity index (χ0v) is 11.5. The lowest BCUT2D eigenvalue weighted by Gasteiger charge is -2.27. The monoisotopic (exact) mass is 253 g/mol.